The van der Waals surface area contributed by atoms with Gasteiger partial charge in [0.05, 0.1) is 20.3 Å². The Hall–Kier alpha value is -2.99. The Kier molecular flexibility index (Phi) is 5.45. The second-order valence-corrected chi connectivity index (χ2v) is 7.26. The molecule has 4 rings (SSSR count). The van der Waals surface area contributed by atoms with Crippen LogP contribution in [0.25, 0.3) is 10.9 Å². The standard InChI is InChI=1S/C23H26N2O4/c1-27-14-23(26)25-9-8-15-11-21(28-2)22(29-3)12-18(15)20(25)10-16-13-24-19-7-5-4-6-17(16)19/h4-7,11-13,20,24H,8-10,14H2,1-3H3/t20-/m1/s1. The Bertz CT molecular complexity index is 1030. The lowest BCUT2D eigenvalue weighted by Gasteiger charge is -2.38. The molecule has 0 aliphatic carbocycles. The maximum atomic E-state index is 12.8. The number of methoxy groups -OCH3 is 3. The van der Waals surface area contributed by atoms with Gasteiger partial charge in [0.1, 0.15) is 6.61 Å². The molecule has 1 amide bonds. The third kappa shape index (κ3) is 3.56. The van der Waals surface area contributed by atoms with Gasteiger partial charge in [0.15, 0.2) is 11.5 Å². The number of nitrogens with one attached hydrogen (secondary N) is 1. The predicted octanol–water partition coefficient (Wildman–Crippen LogP) is 3.50. The summed E-state index contributed by atoms with van der Waals surface area (Å²) in [5.74, 6) is 1.39. The van der Waals surface area contributed by atoms with Gasteiger partial charge in [0.25, 0.3) is 0 Å². The normalized spacial score (nSPS) is 16.0. The number of aromatic amines is 1. The number of aromatic nitrogens is 1. The van der Waals surface area contributed by atoms with Crippen molar-refractivity contribution < 1.29 is 19.0 Å². The van der Waals surface area contributed by atoms with Gasteiger partial charge in [-0.15, -0.1) is 0 Å². The molecule has 1 atom stereocenters. The van der Waals surface area contributed by atoms with Crippen molar-refractivity contribution in [2.24, 2.45) is 0 Å². The molecule has 0 radical (unpaired) electrons. The molecular weight excluding hydrogens is 368 g/mol. The van der Waals surface area contributed by atoms with Crippen LogP contribution in [0.1, 0.15) is 22.7 Å². The Morgan fingerprint density at radius 3 is 2.66 bits per heavy atom. The fourth-order valence-electron chi connectivity index (χ4n) is 4.26. The van der Waals surface area contributed by atoms with E-state index in [4.69, 9.17) is 14.2 Å². The number of rotatable bonds is 6. The Labute approximate surface area is 170 Å². The highest BCUT2D eigenvalue weighted by atomic mass is 16.5. The van der Waals surface area contributed by atoms with E-state index in [1.807, 2.05) is 35.4 Å². The number of carbonyl (C=O) groups is 1. The van der Waals surface area contributed by atoms with Crippen molar-refractivity contribution in [2.45, 2.75) is 18.9 Å². The van der Waals surface area contributed by atoms with Crippen LogP contribution in [0, 0.1) is 0 Å². The molecule has 0 bridgehead atoms. The Morgan fingerprint density at radius 2 is 1.90 bits per heavy atom. The van der Waals surface area contributed by atoms with Crippen LogP contribution in [-0.4, -0.2) is 50.3 Å². The summed E-state index contributed by atoms with van der Waals surface area (Å²) in [5.41, 5.74) is 4.57. The van der Waals surface area contributed by atoms with E-state index in [2.05, 4.69) is 17.1 Å². The molecule has 3 aromatic rings. The summed E-state index contributed by atoms with van der Waals surface area (Å²) in [6.07, 6.45) is 3.52. The van der Waals surface area contributed by atoms with Crippen molar-refractivity contribution in [2.75, 3.05) is 34.5 Å². The zero-order valence-electron chi connectivity index (χ0n) is 17.0. The quantitative estimate of drug-likeness (QED) is 0.695. The van der Waals surface area contributed by atoms with Gasteiger partial charge >= 0.3 is 0 Å². The topological polar surface area (TPSA) is 63.8 Å². The summed E-state index contributed by atoms with van der Waals surface area (Å²) >= 11 is 0. The third-order valence-corrected chi connectivity index (χ3v) is 5.68. The molecule has 0 fully saturated rings. The highest BCUT2D eigenvalue weighted by molar-refractivity contribution is 5.83. The van der Waals surface area contributed by atoms with Crippen molar-refractivity contribution in [1.29, 1.82) is 0 Å². The molecule has 6 nitrogen and oxygen atoms in total. The largest absolute Gasteiger partial charge is 0.493 e. The minimum atomic E-state index is -0.0968. The van der Waals surface area contributed by atoms with E-state index in [1.54, 1.807) is 21.3 Å². The van der Waals surface area contributed by atoms with Crippen molar-refractivity contribution in [1.82, 2.24) is 9.88 Å². The molecule has 0 unspecified atom stereocenters. The zero-order valence-corrected chi connectivity index (χ0v) is 17.0. The number of carbonyl (C=O) groups excluding carboxylic acids is 1. The second kappa shape index (κ2) is 8.17. The van der Waals surface area contributed by atoms with Gasteiger partial charge in [-0.25, -0.2) is 0 Å². The van der Waals surface area contributed by atoms with Crippen LogP contribution in [0.2, 0.25) is 0 Å². The maximum Gasteiger partial charge on any atom is 0.249 e. The molecule has 1 N–H and O–H groups in total. The van der Waals surface area contributed by atoms with E-state index in [0.29, 0.717) is 24.5 Å². The summed E-state index contributed by atoms with van der Waals surface area (Å²) in [6.45, 7) is 0.727. The molecule has 0 spiro atoms. The minimum absolute atomic E-state index is 0.00206. The fraction of sp³-hybridized carbons (Fsp3) is 0.348. The van der Waals surface area contributed by atoms with Gasteiger partial charge < -0.3 is 24.1 Å². The average molecular weight is 394 g/mol. The number of para-hydroxylation sites is 1. The number of nitrogens with zero attached hydrogens (tertiary/aromatic N) is 1. The van der Waals surface area contributed by atoms with E-state index in [0.717, 1.165) is 17.5 Å². The van der Waals surface area contributed by atoms with E-state index in [1.165, 1.54) is 16.5 Å². The number of H-pyrrole nitrogens is 1. The lowest BCUT2D eigenvalue weighted by molar-refractivity contribution is -0.138. The number of hydrogen-bond acceptors (Lipinski definition) is 4. The smallest absolute Gasteiger partial charge is 0.249 e. The van der Waals surface area contributed by atoms with Crippen LogP contribution in [-0.2, 0) is 22.4 Å². The molecule has 2 heterocycles. The first-order valence-electron chi connectivity index (χ1n) is 9.74. The van der Waals surface area contributed by atoms with E-state index in [9.17, 15) is 4.79 Å². The van der Waals surface area contributed by atoms with Crippen LogP contribution < -0.4 is 9.47 Å². The summed E-state index contributed by atoms with van der Waals surface area (Å²) in [4.78, 5) is 18.1. The molecule has 2 aromatic carbocycles. The number of hydrogen-bond donors (Lipinski definition) is 1. The van der Waals surface area contributed by atoms with Crippen molar-refractivity contribution in [3.05, 3.63) is 59.3 Å². The molecule has 1 aliphatic heterocycles. The first kappa shape index (κ1) is 19.3. The van der Waals surface area contributed by atoms with Gasteiger partial charge in [-0.05, 0) is 47.7 Å². The second-order valence-electron chi connectivity index (χ2n) is 7.26. The molecule has 0 saturated carbocycles. The summed E-state index contributed by atoms with van der Waals surface area (Å²) < 4.78 is 16.2. The van der Waals surface area contributed by atoms with Gasteiger partial charge in [-0.1, -0.05) is 18.2 Å². The number of amides is 1. The monoisotopic (exact) mass is 394 g/mol. The zero-order chi connectivity index (χ0) is 20.4. The minimum Gasteiger partial charge on any atom is -0.493 e. The van der Waals surface area contributed by atoms with Gasteiger partial charge in [-0.3, -0.25) is 4.79 Å². The van der Waals surface area contributed by atoms with E-state index >= 15 is 0 Å². The van der Waals surface area contributed by atoms with E-state index < -0.39 is 0 Å². The van der Waals surface area contributed by atoms with Crippen molar-refractivity contribution >= 4 is 16.8 Å². The molecular formula is C23H26N2O4. The summed E-state index contributed by atoms with van der Waals surface area (Å²) in [7, 11) is 4.83. The van der Waals surface area contributed by atoms with Gasteiger partial charge in [0, 0.05) is 30.8 Å². The first-order valence-corrected chi connectivity index (χ1v) is 9.74. The van der Waals surface area contributed by atoms with Gasteiger partial charge in [-0.2, -0.15) is 0 Å². The van der Waals surface area contributed by atoms with Crippen LogP contribution in [0.5, 0.6) is 11.5 Å². The Morgan fingerprint density at radius 1 is 1.14 bits per heavy atom. The number of ether oxygens (including phenoxy) is 3. The molecule has 0 saturated heterocycles. The number of benzene rings is 2. The maximum absolute atomic E-state index is 12.8. The van der Waals surface area contributed by atoms with Crippen LogP contribution >= 0.6 is 0 Å². The van der Waals surface area contributed by atoms with E-state index in [-0.39, 0.29) is 18.6 Å². The van der Waals surface area contributed by atoms with Gasteiger partial charge in [0.2, 0.25) is 5.91 Å². The van der Waals surface area contributed by atoms with Crippen LogP contribution in [0.3, 0.4) is 0 Å². The molecule has 1 aliphatic rings. The number of fused-ring (bicyclic) bond motifs is 2. The summed E-state index contributed by atoms with van der Waals surface area (Å²) in [6, 6.07) is 12.2. The van der Waals surface area contributed by atoms with Crippen molar-refractivity contribution in [3.8, 4) is 11.5 Å². The van der Waals surface area contributed by atoms with Crippen LogP contribution in [0.4, 0.5) is 0 Å². The molecule has 6 heteroatoms. The SMILES string of the molecule is COCC(=O)N1CCc2cc(OC)c(OC)cc2[C@H]1Cc1c[nH]c2ccccc12. The highest BCUT2D eigenvalue weighted by Crippen LogP contribution is 2.40. The average Bonchev–Trinajstić information content (AvgIpc) is 3.16. The molecule has 29 heavy (non-hydrogen) atoms. The van der Waals surface area contributed by atoms with Crippen molar-refractivity contribution in [3.63, 3.8) is 0 Å². The highest BCUT2D eigenvalue weighted by Gasteiger charge is 2.32. The lowest BCUT2D eigenvalue weighted by atomic mass is 9.88. The Balaban J connectivity index is 1.78. The fourth-order valence-corrected chi connectivity index (χ4v) is 4.26. The molecule has 152 valence electrons. The first-order chi connectivity index (χ1) is 14.2. The summed E-state index contributed by atoms with van der Waals surface area (Å²) in [5, 5.41) is 1.18. The van der Waals surface area contributed by atoms with Crippen LogP contribution in [0.15, 0.2) is 42.6 Å². The lowest BCUT2D eigenvalue weighted by Crippen LogP contribution is -2.42. The third-order valence-electron chi connectivity index (χ3n) is 5.68. The predicted molar refractivity (Wildman–Crippen MR) is 112 cm³/mol. The molecule has 1 aromatic heterocycles.